The molecule has 1 aromatic heterocycles. The van der Waals surface area contributed by atoms with Gasteiger partial charge in [-0.1, -0.05) is 30.3 Å². The maximum absolute atomic E-state index is 13.0. The van der Waals surface area contributed by atoms with Crippen molar-refractivity contribution in [2.75, 3.05) is 16.9 Å². The summed E-state index contributed by atoms with van der Waals surface area (Å²) in [5.74, 6) is -0.530. The monoisotopic (exact) mass is 423 g/mol. The van der Waals surface area contributed by atoms with Gasteiger partial charge in [0, 0.05) is 15.3 Å². The summed E-state index contributed by atoms with van der Waals surface area (Å²) in [4.78, 5) is 32.2. The van der Waals surface area contributed by atoms with Crippen LogP contribution in [0.1, 0.15) is 39.7 Å². The van der Waals surface area contributed by atoms with Gasteiger partial charge in [-0.05, 0) is 49.8 Å². The van der Waals surface area contributed by atoms with Gasteiger partial charge >= 0.3 is 0 Å². The maximum atomic E-state index is 13.0. The number of nitrogens with one attached hydrogen (secondary N) is 2. The van der Waals surface area contributed by atoms with Crippen molar-refractivity contribution in [2.24, 2.45) is 0 Å². The number of carbonyl (C=O) groups is 2. The van der Waals surface area contributed by atoms with E-state index in [0.717, 1.165) is 40.4 Å². The van der Waals surface area contributed by atoms with Crippen molar-refractivity contribution in [2.45, 2.75) is 30.1 Å². The third kappa shape index (κ3) is 4.36. The van der Waals surface area contributed by atoms with Crippen LogP contribution in [0.25, 0.3) is 0 Å². The summed E-state index contributed by atoms with van der Waals surface area (Å²) in [6.45, 7) is 0. The molecule has 7 heteroatoms. The molecule has 1 atom stereocenters. The molecule has 0 spiro atoms. The Hall–Kier alpha value is -2.64. The molecule has 0 saturated carbocycles. The summed E-state index contributed by atoms with van der Waals surface area (Å²) in [5, 5.41) is 6.49. The Morgan fingerprint density at radius 1 is 1.07 bits per heavy atom. The molecular formula is C22H21N3O2S2. The van der Waals surface area contributed by atoms with E-state index < -0.39 is 0 Å². The summed E-state index contributed by atoms with van der Waals surface area (Å²) in [5.41, 5.74) is 2.21. The molecule has 29 heavy (non-hydrogen) atoms. The number of hydrogen-bond acceptors (Lipinski definition) is 5. The molecule has 0 fully saturated rings. The molecule has 1 heterocycles. The van der Waals surface area contributed by atoms with E-state index >= 15 is 0 Å². The highest BCUT2D eigenvalue weighted by Gasteiger charge is 2.31. The smallest absolute Gasteiger partial charge is 0.257 e. The molecule has 3 aromatic rings. The molecule has 4 rings (SSSR count). The lowest BCUT2D eigenvalue weighted by molar-refractivity contribution is -0.118. The first kappa shape index (κ1) is 19.7. The molecule has 0 bridgehead atoms. The number of para-hydroxylation sites is 1. The fourth-order valence-corrected chi connectivity index (χ4v) is 5.07. The van der Waals surface area contributed by atoms with E-state index in [2.05, 4.69) is 15.6 Å². The van der Waals surface area contributed by atoms with Crippen LogP contribution in [-0.4, -0.2) is 23.1 Å². The zero-order valence-corrected chi connectivity index (χ0v) is 17.6. The molecule has 5 nitrogen and oxygen atoms in total. The number of thioether (sulfide) groups is 1. The minimum Gasteiger partial charge on any atom is -0.324 e. The van der Waals surface area contributed by atoms with Gasteiger partial charge in [0.05, 0.1) is 17.3 Å². The Kier molecular flexibility index (Phi) is 5.97. The largest absolute Gasteiger partial charge is 0.324 e. The summed E-state index contributed by atoms with van der Waals surface area (Å²) in [6.07, 6.45) is 4.57. The van der Waals surface area contributed by atoms with Crippen LogP contribution in [0, 0.1) is 0 Å². The highest BCUT2D eigenvalue weighted by molar-refractivity contribution is 7.98. The SMILES string of the molecule is CSc1ccccc1NC(=O)C1CCCc2sc(NC(=O)c3ccccc3)nc21. The van der Waals surface area contributed by atoms with E-state index in [4.69, 9.17) is 0 Å². The molecule has 0 radical (unpaired) electrons. The number of thiazole rings is 1. The lowest BCUT2D eigenvalue weighted by Gasteiger charge is -2.21. The molecule has 148 valence electrons. The van der Waals surface area contributed by atoms with Crippen molar-refractivity contribution in [3.05, 3.63) is 70.7 Å². The number of anilines is 2. The van der Waals surface area contributed by atoms with Gasteiger partial charge in [-0.2, -0.15) is 0 Å². The summed E-state index contributed by atoms with van der Waals surface area (Å²) in [6, 6.07) is 16.8. The Bertz CT molecular complexity index is 1030. The first-order valence-corrected chi connectivity index (χ1v) is 11.5. The number of amides is 2. The zero-order valence-electron chi connectivity index (χ0n) is 16.0. The first-order valence-electron chi connectivity index (χ1n) is 9.45. The van der Waals surface area contributed by atoms with Crippen molar-refractivity contribution < 1.29 is 9.59 Å². The highest BCUT2D eigenvalue weighted by atomic mass is 32.2. The fraction of sp³-hybridized carbons (Fsp3) is 0.227. The molecular weight excluding hydrogens is 402 g/mol. The minimum absolute atomic E-state index is 0.0429. The molecule has 2 amide bonds. The number of hydrogen-bond donors (Lipinski definition) is 2. The van der Waals surface area contributed by atoms with E-state index in [9.17, 15) is 9.59 Å². The number of rotatable bonds is 5. The quantitative estimate of drug-likeness (QED) is 0.555. The van der Waals surface area contributed by atoms with Crippen molar-refractivity contribution in [1.29, 1.82) is 0 Å². The second-order valence-corrected chi connectivity index (χ2v) is 8.71. The number of nitrogens with zero attached hydrogens (tertiary/aromatic N) is 1. The second-order valence-electron chi connectivity index (χ2n) is 6.78. The van der Waals surface area contributed by atoms with Gasteiger partial charge in [-0.3, -0.25) is 14.9 Å². The fourth-order valence-electron chi connectivity index (χ4n) is 3.45. The van der Waals surface area contributed by atoms with Crippen molar-refractivity contribution in [3.63, 3.8) is 0 Å². The molecule has 0 saturated heterocycles. The van der Waals surface area contributed by atoms with Crippen LogP contribution in [0.4, 0.5) is 10.8 Å². The normalized spacial score (nSPS) is 15.4. The maximum Gasteiger partial charge on any atom is 0.257 e. The predicted molar refractivity (Wildman–Crippen MR) is 119 cm³/mol. The van der Waals surface area contributed by atoms with Gasteiger partial charge in [-0.25, -0.2) is 4.98 Å². The number of aromatic nitrogens is 1. The van der Waals surface area contributed by atoms with Crippen LogP contribution in [0.5, 0.6) is 0 Å². The van der Waals surface area contributed by atoms with Crippen LogP contribution in [0.3, 0.4) is 0 Å². The standard InChI is InChI=1S/C22H21N3O2S2/c1-28-17-12-6-5-11-16(17)23-21(27)15-10-7-13-18-19(15)24-22(29-18)25-20(26)14-8-3-2-4-9-14/h2-6,8-9,11-12,15H,7,10,13H2,1H3,(H,23,27)(H,24,25,26). The molecule has 1 aliphatic carbocycles. The minimum atomic E-state index is -0.299. The van der Waals surface area contributed by atoms with Crippen LogP contribution >= 0.6 is 23.1 Å². The van der Waals surface area contributed by atoms with Crippen LogP contribution < -0.4 is 10.6 Å². The highest BCUT2D eigenvalue weighted by Crippen LogP contribution is 2.38. The topological polar surface area (TPSA) is 71.1 Å². The Labute approximate surface area is 178 Å². The molecule has 2 aromatic carbocycles. The van der Waals surface area contributed by atoms with Gasteiger partial charge in [0.25, 0.3) is 5.91 Å². The van der Waals surface area contributed by atoms with Gasteiger partial charge in [0.2, 0.25) is 5.91 Å². The van der Waals surface area contributed by atoms with Gasteiger partial charge < -0.3 is 5.32 Å². The number of fused-ring (bicyclic) bond motifs is 1. The van der Waals surface area contributed by atoms with Crippen LogP contribution in [-0.2, 0) is 11.2 Å². The van der Waals surface area contributed by atoms with E-state index in [1.165, 1.54) is 11.3 Å². The Morgan fingerprint density at radius 2 is 1.83 bits per heavy atom. The predicted octanol–water partition coefficient (Wildman–Crippen LogP) is 5.18. The van der Waals surface area contributed by atoms with Crippen molar-refractivity contribution >= 4 is 45.7 Å². The van der Waals surface area contributed by atoms with E-state index in [1.54, 1.807) is 23.9 Å². The van der Waals surface area contributed by atoms with Gasteiger partial charge in [0.15, 0.2) is 5.13 Å². The summed E-state index contributed by atoms with van der Waals surface area (Å²) >= 11 is 3.07. The molecule has 1 aliphatic rings. The van der Waals surface area contributed by atoms with E-state index in [1.807, 2.05) is 48.7 Å². The third-order valence-electron chi connectivity index (χ3n) is 4.89. The van der Waals surface area contributed by atoms with Gasteiger partial charge in [-0.15, -0.1) is 23.1 Å². The lowest BCUT2D eigenvalue weighted by atomic mass is 9.90. The van der Waals surface area contributed by atoms with E-state index in [0.29, 0.717) is 10.7 Å². The first-order chi connectivity index (χ1) is 14.2. The number of aryl methyl sites for hydroxylation is 1. The molecule has 1 unspecified atom stereocenters. The lowest BCUT2D eigenvalue weighted by Crippen LogP contribution is -2.25. The molecule has 0 aliphatic heterocycles. The van der Waals surface area contributed by atoms with Crippen LogP contribution in [0.2, 0.25) is 0 Å². The Morgan fingerprint density at radius 3 is 2.62 bits per heavy atom. The molecule has 2 N–H and O–H groups in total. The average molecular weight is 424 g/mol. The van der Waals surface area contributed by atoms with Crippen molar-refractivity contribution in [1.82, 2.24) is 4.98 Å². The zero-order chi connectivity index (χ0) is 20.2. The van der Waals surface area contributed by atoms with Crippen LogP contribution in [0.15, 0.2) is 59.5 Å². The third-order valence-corrected chi connectivity index (χ3v) is 6.73. The summed E-state index contributed by atoms with van der Waals surface area (Å²) < 4.78 is 0. The average Bonchev–Trinajstić information content (AvgIpc) is 3.17. The second kappa shape index (κ2) is 8.80. The number of carbonyl (C=O) groups excluding carboxylic acids is 2. The number of benzene rings is 2. The Balaban J connectivity index is 1.52. The van der Waals surface area contributed by atoms with Crippen molar-refractivity contribution in [3.8, 4) is 0 Å². The van der Waals surface area contributed by atoms with E-state index in [-0.39, 0.29) is 17.7 Å². The summed E-state index contributed by atoms with van der Waals surface area (Å²) in [7, 11) is 0. The van der Waals surface area contributed by atoms with Gasteiger partial charge in [0.1, 0.15) is 0 Å².